The summed E-state index contributed by atoms with van der Waals surface area (Å²) in [5.41, 5.74) is -0.143. The second kappa shape index (κ2) is 6.50. The first-order chi connectivity index (χ1) is 8.39. The summed E-state index contributed by atoms with van der Waals surface area (Å²) < 4.78 is 36.8. The number of carbonyl (C=O) groups excluding carboxylic acids is 1. The molecule has 0 fully saturated rings. The number of benzene rings is 1. The van der Waals surface area contributed by atoms with E-state index in [1.165, 1.54) is 30.8 Å². The number of carbonyl (C=O) groups is 1. The molecule has 0 radical (unpaired) electrons. The molecule has 1 aromatic carbocycles. The molecule has 1 aromatic rings. The van der Waals surface area contributed by atoms with Gasteiger partial charge in [0.1, 0.15) is 0 Å². The minimum absolute atomic E-state index is 0.0336. The van der Waals surface area contributed by atoms with Crippen molar-refractivity contribution < 1.29 is 18.0 Å². The molecule has 1 nitrogen and oxygen atoms in total. The van der Waals surface area contributed by atoms with Crippen molar-refractivity contribution >= 4 is 16.9 Å². The van der Waals surface area contributed by atoms with Crippen LogP contribution in [0.15, 0.2) is 24.3 Å². The van der Waals surface area contributed by atoms with Crippen LogP contribution in [0.5, 0.6) is 0 Å². The first kappa shape index (κ1) is 14.7. The Morgan fingerprint density at radius 2 is 1.89 bits per heavy atom. The van der Waals surface area contributed by atoms with Crippen LogP contribution in [0.4, 0.5) is 13.2 Å². The van der Waals surface area contributed by atoms with Crippen LogP contribution in [0.2, 0.25) is 0 Å². The Labute approximate surface area is 108 Å². The largest absolute Gasteiger partial charge is 0.416 e. The fourth-order valence-corrected chi connectivity index (χ4v) is 1.64. The van der Waals surface area contributed by atoms with E-state index < -0.39 is 11.7 Å². The smallest absolute Gasteiger partial charge is 0.288 e. The maximum Gasteiger partial charge on any atom is 0.416 e. The summed E-state index contributed by atoms with van der Waals surface area (Å²) >= 11 is 1.18. The van der Waals surface area contributed by atoms with Crippen LogP contribution in [0.1, 0.15) is 24.5 Å². The maximum atomic E-state index is 12.3. The molecule has 0 amide bonds. The molecule has 0 saturated carbocycles. The number of rotatable bonds is 2. The molecule has 0 saturated heterocycles. The normalized spacial score (nSPS) is 10.7. The van der Waals surface area contributed by atoms with Crippen LogP contribution in [-0.2, 0) is 11.0 Å². The second-order valence-electron chi connectivity index (χ2n) is 3.47. The average Bonchev–Trinajstić information content (AvgIpc) is 2.27. The molecule has 18 heavy (non-hydrogen) atoms. The second-order valence-corrected chi connectivity index (χ2v) is 4.74. The summed E-state index contributed by atoms with van der Waals surface area (Å²) in [7, 11) is 0. The summed E-state index contributed by atoms with van der Waals surface area (Å²) in [6.45, 7) is 1.48. The van der Waals surface area contributed by atoms with Gasteiger partial charge in [-0.1, -0.05) is 23.6 Å². The molecule has 5 heteroatoms. The maximum absolute atomic E-state index is 12.3. The zero-order chi connectivity index (χ0) is 13.6. The Balaban J connectivity index is 2.54. The molecule has 0 atom stereocenters. The third kappa shape index (κ3) is 5.28. The summed E-state index contributed by atoms with van der Waals surface area (Å²) in [6.07, 6.45) is -3.78. The van der Waals surface area contributed by atoms with Gasteiger partial charge in [-0.05, 0) is 24.3 Å². The quantitative estimate of drug-likeness (QED) is 0.603. The number of hydrogen-bond acceptors (Lipinski definition) is 2. The molecule has 0 unspecified atom stereocenters. The van der Waals surface area contributed by atoms with Crippen molar-refractivity contribution in [3.05, 3.63) is 35.4 Å². The van der Waals surface area contributed by atoms with E-state index >= 15 is 0 Å². The lowest BCUT2D eigenvalue weighted by atomic mass is 10.1. The lowest BCUT2D eigenvalue weighted by Crippen LogP contribution is -2.04. The van der Waals surface area contributed by atoms with E-state index in [9.17, 15) is 18.0 Å². The molecule has 0 aliphatic carbocycles. The highest BCUT2D eigenvalue weighted by Gasteiger charge is 2.29. The molecule has 0 aliphatic heterocycles. The van der Waals surface area contributed by atoms with E-state index in [-0.39, 0.29) is 5.12 Å². The van der Waals surface area contributed by atoms with Crippen molar-refractivity contribution in [2.75, 3.05) is 5.75 Å². The zero-order valence-electron chi connectivity index (χ0n) is 9.67. The monoisotopic (exact) mass is 272 g/mol. The highest BCUT2D eigenvalue weighted by atomic mass is 32.2. The lowest BCUT2D eigenvalue weighted by Gasteiger charge is -2.05. The highest BCUT2D eigenvalue weighted by Crippen LogP contribution is 2.28. The summed E-state index contributed by atoms with van der Waals surface area (Å²) in [4.78, 5) is 10.6. The van der Waals surface area contributed by atoms with Crippen LogP contribution in [0.25, 0.3) is 0 Å². The molecule has 0 N–H and O–H groups in total. The molecule has 0 aliphatic rings. The van der Waals surface area contributed by atoms with Gasteiger partial charge in [0.25, 0.3) is 0 Å². The van der Waals surface area contributed by atoms with Crippen molar-refractivity contribution in [3.8, 4) is 11.8 Å². The van der Waals surface area contributed by atoms with Gasteiger partial charge in [-0.15, -0.1) is 0 Å². The first-order valence-corrected chi connectivity index (χ1v) is 6.17. The molecule has 0 spiro atoms. The third-order valence-electron chi connectivity index (χ3n) is 1.98. The third-order valence-corrected chi connectivity index (χ3v) is 2.79. The molecular weight excluding hydrogens is 261 g/mol. The Hall–Kier alpha value is -1.41. The topological polar surface area (TPSA) is 17.1 Å². The Morgan fingerprint density at radius 1 is 1.28 bits per heavy atom. The van der Waals surface area contributed by atoms with E-state index in [0.717, 1.165) is 12.1 Å². The average molecular weight is 272 g/mol. The lowest BCUT2D eigenvalue weighted by molar-refractivity contribution is -0.137. The highest BCUT2D eigenvalue weighted by molar-refractivity contribution is 8.13. The fraction of sp³-hybridized carbons (Fsp3) is 0.308. The Bertz CT molecular complexity index is 466. The van der Waals surface area contributed by atoms with Gasteiger partial charge in [0.15, 0.2) is 5.12 Å². The van der Waals surface area contributed by atoms with Crippen LogP contribution in [0, 0.1) is 11.8 Å². The van der Waals surface area contributed by atoms with E-state index in [1.54, 1.807) is 0 Å². The van der Waals surface area contributed by atoms with Gasteiger partial charge in [0.05, 0.1) is 5.56 Å². The SMILES string of the molecule is CC(=O)SCCC#Cc1ccc(C(F)(F)F)cc1. The van der Waals surface area contributed by atoms with Crippen LogP contribution >= 0.6 is 11.8 Å². The van der Waals surface area contributed by atoms with Gasteiger partial charge in [0, 0.05) is 24.7 Å². The Kier molecular flexibility index (Phi) is 5.29. The van der Waals surface area contributed by atoms with Gasteiger partial charge < -0.3 is 0 Å². The predicted molar refractivity (Wildman–Crippen MR) is 66.1 cm³/mol. The van der Waals surface area contributed by atoms with Crippen molar-refractivity contribution in [3.63, 3.8) is 0 Å². The van der Waals surface area contributed by atoms with E-state index in [0.29, 0.717) is 17.7 Å². The molecule has 0 heterocycles. The standard InChI is InChI=1S/C13H11F3OS/c1-10(17)18-9-3-2-4-11-5-7-12(8-6-11)13(14,15)16/h5-8H,3,9H2,1H3. The van der Waals surface area contributed by atoms with Crippen molar-refractivity contribution in [2.45, 2.75) is 19.5 Å². The van der Waals surface area contributed by atoms with Gasteiger partial charge in [0.2, 0.25) is 0 Å². The molecular formula is C13H11F3OS. The fourth-order valence-electron chi connectivity index (χ4n) is 1.15. The predicted octanol–water partition coefficient (Wildman–Crippen LogP) is 3.73. The number of thioether (sulfide) groups is 1. The minimum Gasteiger partial charge on any atom is -0.288 e. The van der Waals surface area contributed by atoms with E-state index in [2.05, 4.69) is 11.8 Å². The Morgan fingerprint density at radius 3 is 2.39 bits per heavy atom. The van der Waals surface area contributed by atoms with Gasteiger partial charge in [-0.3, -0.25) is 4.79 Å². The molecule has 0 aromatic heterocycles. The van der Waals surface area contributed by atoms with Crippen molar-refractivity contribution in [1.82, 2.24) is 0 Å². The minimum atomic E-state index is -4.32. The zero-order valence-corrected chi connectivity index (χ0v) is 10.5. The van der Waals surface area contributed by atoms with Gasteiger partial charge in [-0.25, -0.2) is 0 Å². The van der Waals surface area contributed by atoms with Gasteiger partial charge >= 0.3 is 6.18 Å². The van der Waals surface area contributed by atoms with Gasteiger partial charge in [-0.2, -0.15) is 13.2 Å². The number of hydrogen-bond donors (Lipinski definition) is 0. The summed E-state index contributed by atoms with van der Waals surface area (Å²) in [5.74, 6) is 6.17. The van der Waals surface area contributed by atoms with E-state index in [1.807, 2.05) is 0 Å². The van der Waals surface area contributed by atoms with Crippen LogP contribution in [-0.4, -0.2) is 10.9 Å². The molecule has 96 valence electrons. The summed E-state index contributed by atoms with van der Waals surface area (Å²) in [5, 5.41) is 0.0336. The molecule has 0 bridgehead atoms. The first-order valence-electron chi connectivity index (χ1n) is 5.19. The number of halogens is 3. The summed E-state index contributed by atoms with van der Waals surface area (Å²) in [6, 6.07) is 4.70. The molecule has 1 rings (SSSR count). The van der Waals surface area contributed by atoms with Crippen LogP contribution in [0.3, 0.4) is 0 Å². The van der Waals surface area contributed by atoms with Crippen molar-refractivity contribution in [2.24, 2.45) is 0 Å². The van der Waals surface area contributed by atoms with E-state index in [4.69, 9.17) is 0 Å². The number of alkyl halides is 3. The van der Waals surface area contributed by atoms with Crippen molar-refractivity contribution in [1.29, 1.82) is 0 Å². The van der Waals surface area contributed by atoms with Crippen LogP contribution < -0.4 is 0 Å².